The molecule has 6 nitrogen and oxygen atoms in total. The Labute approximate surface area is 172 Å². The Kier molecular flexibility index (Phi) is 6.52. The average Bonchev–Trinajstić information content (AvgIpc) is 2.73. The van der Waals surface area contributed by atoms with Crippen molar-refractivity contribution in [3.63, 3.8) is 0 Å². The summed E-state index contributed by atoms with van der Waals surface area (Å²) in [6.45, 7) is 11.3. The van der Waals surface area contributed by atoms with Gasteiger partial charge in [0.1, 0.15) is 5.82 Å². The number of anilines is 2. The zero-order chi connectivity index (χ0) is 21.0. The molecule has 3 rings (SSSR count). The molecule has 0 atom stereocenters. The zero-order valence-electron chi connectivity index (χ0n) is 17.7. The van der Waals surface area contributed by atoms with Gasteiger partial charge in [0.05, 0.1) is 0 Å². The maximum absolute atomic E-state index is 13.1. The molecule has 2 amide bonds. The quantitative estimate of drug-likeness (QED) is 0.756. The second kappa shape index (κ2) is 9.07. The highest BCUT2D eigenvalue weighted by molar-refractivity contribution is 6.05. The second-order valence-corrected chi connectivity index (χ2v) is 8.11. The number of hydrogen-bond donors (Lipinski definition) is 1. The van der Waals surface area contributed by atoms with E-state index >= 15 is 0 Å². The molecule has 1 saturated heterocycles. The number of rotatable bonds is 6. The normalized spacial score (nSPS) is 14.4. The van der Waals surface area contributed by atoms with Crippen LogP contribution in [0.2, 0.25) is 0 Å². The van der Waals surface area contributed by atoms with E-state index < -0.39 is 0 Å². The number of carbonyl (C=O) groups is 2. The van der Waals surface area contributed by atoms with Crippen molar-refractivity contribution in [2.45, 2.75) is 39.5 Å². The molecule has 1 aromatic carbocycles. The lowest BCUT2D eigenvalue weighted by atomic mass is 9.92. The van der Waals surface area contributed by atoms with Crippen molar-refractivity contribution in [3.05, 3.63) is 53.2 Å². The number of benzene rings is 1. The van der Waals surface area contributed by atoms with E-state index in [9.17, 15) is 9.59 Å². The number of piperazine rings is 1. The van der Waals surface area contributed by atoms with Crippen LogP contribution in [0.4, 0.5) is 11.5 Å². The number of nitrogens with zero attached hydrogens (tertiary/aromatic N) is 3. The number of aromatic nitrogens is 1. The first-order chi connectivity index (χ1) is 13.9. The molecule has 1 N–H and O–H groups in total. The van der Waals surface area contributed by atoms with Crippen LogP contribution in [0.15, 0.2) is 36.5 Å². The van der Waals surface area contributed by atoms with Gasteiger partial charge in [-0.3, -0.25) is 9.59 Å². The van der Waals surface area contributed by atoms with Gasteiger partial charge in [-0.05, 0) is 35.1 Å². The van der Waals surface area contributed by atoms with Crippen LogP contribution in [-0.2, 0) is 4.79 Å². The third kappa shape index (κ3) is 4.75. The van der Waals surface area contributed by atoms with Gasteiger partial charge in [0.25, 0.3) is 5.91 Å². The van der Waals surface area contributed by atoms with E-state index in [1.54, 1.807) is 17.2 Å². The van der Waals surface area contributed by atoms with Crippen LogP contribution in [0, 0.1) is 0 Å². The maximum atomic E-state index is 13.1. The monoisotopic (exact) mass is 394 g/mol. The molecule has 1 fully saturated rings. The number of carbonyl (C=O) groups excluding carboxylic acids is 2. The third-order valence-electron chi connectivity index (χ3n) is 5.41. The third-order valence-corrected chi connectivity index (χ3v) is 5.41. The van der Waals surface area contributed by atoms with Gasteiger partial charge in [-0.2, -0.15) is 0 Å². The summed E-state index contributed by atoms with van der Waals surface area (Å²) >= 11 is 0. The molecule has 2 heterocycles. The summed E-state index contributed by atoms with van der Waals surface area (Å²) in [5, 5.41) is 3.16. The van der Waals surface area contributed by atoms with E-state index in [-0.39, 0.29) is 5.91 Å². The SMILES string of the molecule is CC(C)c1cccc(C(C)C)c1NC(=O)c1ccnc(N2CCN(C=O)CC2)c1. The molecule has 2 aromatic rings. The molecule has 0 spiro atoms. The summed E-state index contributed by atoms with van der Waals surface area (Å²) in [5.74, 6) is 1.26. The van der Waals surface area contributed by atoms with Crippen molar-refractivity contribution >= 4 is 23.8 Å². The highest BCUT2D eigenvalue weighted by Gasteiger charge is 2.20. The highest BCUT2D eigenvalue weighted by atomic mass is 16.1. The van der Waals surface area contributed by atoms with E-state index in [2.05, 4.69) is 61.1 Å². The minimum absolute atomic E-state index is 0.129. The van der Waals surface area contributed by atoms with Crippen molar-refractivity contribution < 1.29 is 9.59 Å². The van der Waals surface area contributed by atoms with Gasteiger partial charge in [-0.1, -0.05) is 45.9 Å². The van der Waals surface area contributed by atoms with Crippen LogP contribution in [0.5, 0.6) is 0 Å². The molecule has 154 valence electrons. The first kappa shape index (κ1) is 20.8. The summed E-state index contributed by atoms with van der Waals surface area (Å²) in [7, 11) is 0. The van der Waals surface area contributed by atoms with Crippen LogP contribution in [0.3, 0.4) is 0 Å². The zero-order valence-corrected chi connectivity index (χ0v) is 17.7. The Balaban J connectivity index is 1.83. The van der Waals surface area contributed by atoms with Gasteiger partial charge in [-0.25, -0.2) is 4.98 Å². The molecule has 0 aliphatic carbocycles. The molecule has 0 radical (unpaired) electrons. The molecule has 0 unspecified atom stereocenters. The Morgan fingerprint density at radius 3 is 2.21 bits per heavy atom. The maximum Gasteiger partial charge on any atom is 0.255 e. The molecule has 6 heteroatoms. The van der Waals surface area contributed by atoms with E-state index in [1.165, 1.54) is 0 Å². The van der Waals surface area contributed by atoms with Crippen molar-refractivity contribution in [2.24, 2.45) is 0 Å². The lowest BCUT2D eigenvalue weighted by Crippen LogP contribution is -2.46. The largest absolute Gasteiger partial charge is 0.353 e. The highest BCUT2D eigenvalue weighted by Crippen LogP contribution is 2.32. The summed E-state index contributed by atoms with van der Waals surface area (Å²) in [6.07, 6.45) is 2.56. The number of para-hydroxylation sites is 1. The molecular weight excluding hydrogens is 364 g/mol. The minimum atomic E-state index is -0.129. The summed E-state index contributed by atoms with van der Waals surface area (Å²) in [6, 6.07) is 9.80. The van der Waals surface area contributed by atoms with Crippen molar-refractivity contribution in [1.82, 2.24) is 9.88 Å². The van der Waals surface area contributed by atoms with Gasteiger partial charge in [0.15, 0.2) is 0 Å². The fraction of sp³-hybridized carbons (Fsp3) is 0.435. The predicted octanol–water partition coefficient (Wildman–Crippen LogP) is 3.86. The van der Waals surface area contributed by atoms with E-state index in [0.29, 0.717) is 43.6 Å². The van der Waals surface area contributed by atoms with Crippen LogP contribution in [0.25, 0.3) is 0 Å². The average molecular weight is 395 g/mol. The predicted molar refractivity (Wildman–Crippen MR) is 117 cm³/mol. The van der Waals surface area contributed by atoms with Crippen molar-refractivity contribution in [3.8, 4) is 0 Å². The van der Waals surface area contributed by atoms with Crippen molar-refractivity contribution in [2.75, 3.05) is 36.4 Å². The molecule has 0 saturated carbocycles. The minimum Gasteiger partial charge on any atom is -0.353 e. The van der Waals surface area contributed by atoms with Gasteiger partial charge in [-0.15, -0.1) is 0 Å². The van der Waals surface area contributed by atoms with Gasteiger partial charge >= 0.3 is 0 Å². The van der Waals surface area contributed by atoms with Crippen LogP contribution in [0.1, 0.15) is 61.0 Å². The fourth-order valence-corrected chi connectivity index (χ4v) is 3.67. The summed E-state index contributed by atoms with van der Waals surface area (Å²) < 4.78 is 0. The molecule has 29 heavy (non-hydrogen) atoms. The topological polar surface area (TPSA) is 65.5 Å². The van der Waals surface area contributed by atoms with Crippen LogP contribution in [-0.4, -0.2) is 48.4 Å². The van der Waals surface area contributed by atoms with Crippen LogP contribution < -0.4 is 10.2 Å². The van der Waals surface area contributed by atoms with Gasteiger partial charge in [0.2, 0.25) is 6.41 Å². The molecule has 1 aromatic heterocycles. The standard InChI is InChI=1S/C23H30N4O2/c1-16(2)19-6-5-7-20(17(3)4)22(19)25-23(29)18-8-9-24-21(14-18)27-12-10-26(15-28)11-13-27/h5-9,14-17H,10-13H2,1-4H3,(H,25,29). The Hall–Kier alpha value is -2.89. The number of pyridine rings is 1. The smallest absolute Gasteiger partial charge is 0.255 e. The van der Waals surface area contributed by atoms with Gasteiger partial charge < -0.3 is 15.1 Å². The van der Waals surface area contributed by atoms with Crippen molar-refractivity contribution in [1.29, 1.82) is 0 Å². The lowest BCUT2D eigenvalue weighted by molar-refractivity contribution is -0.118. The Morgan fingerprint density at radius 2 is 1.66 bits per heavy atom. The van der Waals surface area contributed by atoms with E-state index in [0.717, 1.165) is 29.0 Å². The Bertz CT molecular complexity index is 845. The summed E-state index contributed by atoms with van der Waals surface area (Å²) in [5.41, 5.74) is 3.79. The van der Waals surface area contributed by atoms with Crippen LogP contribution >= 0.6 is 0 Å². The number of nitrogens with one attached hydrogen (secondary N) is 1. The molecule has 1 aliphatic rings. The first-order valence-electron chi connectivity index (χ1n) is 10.2. The fourth-order valence-electron chi connectivity index (χ4n) is 3.67. The summed E-state index contributed by atoms with van der Waals surface area (Å²) in [4.78, 5) is 32.3. The van der Waals surface area contributed by atoms with E-state index in [1.807, 2.05) is 6.07 Å². The number of hydrogen-bond acceptors (Lipinski definition) is 4. The van der Waals surface area contributed by atoms with E-state index in [4.69, 9.17) is 0 Å². The lowest BCUT2D eigenvalue weighted by Gasteiger charge is -2.33. The molecular formula is C23H30N4O2. The van der Waals surface area contributed by atoms with Gasteiger partial charge in [0, 0.05) is 43.6 Å². The number of amides is 2. The Morgan fingerprint density at radius 1 is 1.03 bits per heavy atom. The molecule has 0 bridgehead atoms. The molecule has 1 aliphatic heterocycles. The first-order valence-corrected chi connectivity index (χ1v) is 10.2. The second-order valence-electron chi connectivity index (χ2n) is 8.11.